The van der Waals surface area contributed by atoms with Crippen LogP contribution >= 0.6 is 0 Å². The van der Waals surface area contributed by atoms with Crippen LogP contribution in [0.4, 0.5) is 0 Å². The number of methoxy groups -OCH3 is 1. The van der Waals surface area contributed by atoms with Crippen molar-refractivity contribution < 1.29 is 24.5 Å². The summed E-state index contributed by atoms with van der Waals surface area (Å²) in [7, 11) is 1.47. The van der Waals surface area contributed by atoms with Crippen molar-refractivity contribution in [1.29, 1.82) is 0 Å². The molecular weight excluding hydrogens is 298 g/mol. The van der Waals surface area contributed by atoms with Crippen LogP contribution in [0, 0.1) is 0 Å². The van der Waals surface area contributed by atoms with Gasteiger partial charge >= 0.3 is 5.97 Å². The molecule has 1 aromatic carbocycles. The number of pyridine rings is 1. The van der Waals surface area contributed by atoms with Gasteiger partial charge in [0.2, 0.25) is 5.88 Å². The Labute approximate surface area is 134 Å². The number of nitrogens with zero attached hydrogens (tertiary/aromatic N) is 1. The van der Waals surface area contributed by atoms with Gasteiger partial charge in [-0.3, -0.25) is 4.79 Å². The predicted molar refractivity (Wildman–Crippen MR) is 82.9 cm³/mol. The number of benzene rings is 1. The number of aliphatic hydroxyl groups excluding tert-OH is 1. The van der Waals surface area contributed by atoms with Crippen LogP contribution < -0.4 is 4.74 Å². The van der Waals surface area contributed by atoms with Gasteiger partial charge in [-0.25, -0.2) is 4.98 Å². The molecular formula is C17H19NO5. The monoisotopic (exact) mass is 317 g/mol. The Hall–Kier alpha value is -2.44. The molecule has 0 aliphatic heterocycles. The molecule has 0 amide bonds. The molecule has 0 spiro atoms. The number of rotatable bonds is 8. The van der Waals surface area contributed by atoms with E-state index in [4.69, 9.17) is 14.6 Å². The van der Waals surface area contributed by atoms with E-state index in [-0.39, 0.29) is 6.61 Å². The number of ether oxygens (including phenoxy) is 2. The summed E-state index contributed by atoms with van der Waals surface area (Å²) in [6, 6.07) is 11.2. The molecule has 0 saturated carbocycles. The lowest BCUT2D eigenvalue weighted by molar-refractivity contribution is -0.139. The third-order valence-corrected chi connectivity index (χ3v) is 3.33. The highest BCUT2D eigenvalue weighted by atomic mass is 16.5. The highest BCUT2D eigenvalue weighted by Crippen LogP contribution is 2.27. The molecule has 2 rings (SSSR count). The molecule has 2 N–H and O–H groups in total. The second kappa shape index (κ2) is 8.26. The Morgan fingerprint density at radius 2 is 1.96 bits per heavy atom. The number of carboxylic acids is 1. The van der Waals surface area contributed by atoms with Gasteiger partial charge < -0.3 is 19.7 Å². The average Bonchev–Trinajstić information content (AvgIpc) is 2.55. The molecule has 0 bridgehead atoms. The molecule has 0 radical (unpaired) electrons. The van der Waals surface area contributed by atoms with Crippen LogP contribution in [0.1, 0.15) is 29.2 Å². The summed E-state index contributed by atoms with van der Waals surface area (Å²) in [6.07, 6.45) is -0.0570. The molecule has 1 heterocycles. The Kier molecular flexibility index (Phi) is 6.08. The SMILES string of the molecule is COc1nccc(C(O)CC(=O)O)c1COCc1ccccc1. The largest absolute Gasteiger partial charge is 0.481 e. The summed E-state index contributed by atoms with van der Waals surface area (Å²) in [5, 5.41) is 18.9. The highest BCUT2D eigenvalue weighted by Gasteiger charge is 2.19. The molecule has 1 unspecified atom stereocenters. The van der Waals surface area contributed by atoms with Crippen LogP contribution in [-0.2, 0) is 22.7 Å². The van der Waals surface area contributed by atoms with E-state index in [1.54, 1.807) is 6.07 Å². The van der Waals surface area contributed by atoms with E-state index in [0.717, 1.165) is 5.56 Å². The van der Waals surface area contributed by atoms with E-state index in [9.17, 15) is 9.90 Å². The second-order valence-corrected chi connectivity index (χ2v) is 4.98. The summed E-state index contributed by atoms with van der Waals surface area (Å²) < 4.78 is 10.9. The van der Waals surface area contributed by atoms with E-state index in [2.05, 4.69) is 4.98 Å². The van der Waals surface area contributed by atoms with Gasteiger partial charge in [0.05, 0.1) is 32.8 Å². The van der Waals surface area contributed by atoms with E-state index in [1.807, 2.05) is 30.3 Å². The lowest BCUT2D eigenvalue weighted by Crippen LogP contribution is -2.10. The number of aliphatic carboxylic acids is 1. The molecule has 122 valence electrons. The lowest BCUT2D eigenvalue weighted by Gasteiger charge is -2.16. The van der Waals surface area contributed by atoms with Crippen LogP contribution in [0.15, 0.2) is 42.6 Å². The first-order valence-electron chi connectivity index (χ1n) is 7.15. The minimum Gasteiger partial charge on any atom is -0.481 e. The highest BCUT2D eigenvalue weighted by molar-refractivity contribution is 5.67. The number of carbonyl (C=O) groups is 1. The molecule has 1 atom stereocenters. The van der Waals surface area contributed by atoms with Gasteiger partial charge in [-0.05, 0) is 17.2 Å². The number of aliphatic hydroxyl groups is 1. The minimum atomic E-state index is -1.14. The van der Waals surface area contributed by atoms with Crippen molar-refractivity contribution in [3.05, 3.63) is 59.3 Å². The normalized spacial score (nSPS) is 11.9. The number of carboxylic acid groups (broad SMARTS) is 1. The molecule has 6 heteroatoms. The summed E-state index contributed by atoms with van der Waals surface area (Å²) >= 11 is 0. The maximum absolute atomic E-state index is 10.8. The van der Waals surface area contributed by atoms with Crippen molar-refractivity contribution in [1.82, 2.24) is 4.98 Å². The second-order valence-electron chi connectivity index (χ2n) is 4.98. The lowest BCUT2D eigenvalue weighted by atomic mass is 10.0. The van der Waals surface area contributed by atoms with Gasteiger partial charge in [-0.1, -0.05) is 30.3 Å². The summed E-state index contributed by atoms with van der Waals surface area (Å²) in [4.78, 5) is 14.9. The zero-order valence-corrected chi connectivity index (χ0v) is 12.8. The number of aromatic nitrogens is 1. The van der Waals surface area contributed by atoms with Crippen molar-refractivity contribution in [3.63, 3.8) is 0 Å². The van der Waals surface area contributed by atoms with Gasteiger partial charge in [0.15, 0.2) is 0 Å². The van der Waals surface area contributed by atoms with Crippen LogP contribution in [0.25, 0.3) is 0 Å². The third kappa shape index (κ3) is 4.77. The fourth-order valence-electron chi connectivity index (χ4n) is 2.24. The molecule has 0 aliphatic rings. The molecule has 0 aliphatic carbocycles. The fraction of sp³-hybridized carbons (Fsp3) is 0.294. The summed E-state index contributed by atoms with van der Waals surface area (Å²) in [5.41, 5.74) is 2.02. The van der Waals surface area contributed by atoms with Gasteiger partial charge in [-0.15, -0.1) is 0 Å². The number of hydrogen-bond donors (Lipinski definition) is 2. The van der Waals surface area contributed by atoms with Gasteiger partial charge in [0.1, 0.15) is 0 Å². The van der Waals surface area contributed by atoms with Crippen molar-refractivity contribution in [2.45, 2.75) is 25.7 Å². The smallest absolute Gasteiger partial charge is 0.306 e. The Morgan fingerprint density at radius 3 is 2.61 bits per heavy atom. The minimum absolute atomic E-state index is 0.165. The van der Waals surface area contributed by atoms with Gasteiger partial charge in [0.25, 0.3) is 0 Å². The fourth-order valence-corrected chi connectivity index (χ4v) is 2.24. The summed E-state index contributed by atoms with van der Waals surface area (Å²) in [6.45, 7) is 0.561. The zero-order chi connectivity index (χ0) is 16.7. The first-order chi connectivity index (χ1) is 11.1. The number of hydrogen-bond acceptors (Lipinski definition) is 5. The molecule has 6 nitrogen and oxygen atoms in total. The first-order valence-corrected chi connectivity index (χ1v) is 7.15. The van der Waals surface area contributed by atoms with Crippen molar-refractivity contribution >= 4 is 5.97 Å². The predicted octanol–water partition coefficient (Wildman–Crippen LogP) is 2.32. The summed E-state index contributed by atoms with van der Waals surface area (Å²) in [5.74, 6) is -0.760. The molecule has 0 fully saturated rings. The van der Waals surface area contributed by atoms with Crippen LogP contribution in [0.5, 0.6) is 5.88 Å². The van der Waals surface area contributed by atoms with Gasteiger partial charge in [-0.2, -0.15) is 0 Å². The maximum Gasteiger partial charge on any atom is 0.306 e. The van der Waals surface area contributed by atoms with Crippen molar-refractivity contribution in [3.8, 4) is 5.88 Å². The Balaban J connectivity index is 2.13. The third-order valence-electron chi connectivity index (χ3n) is 3.33. The molecule has 23 heavy (non-hydrogen) atoms. The standard InChI is InChI=1S/C17H19NO5/c1-22-17-14(11-23-10-12-5-3-2-4-6-12)13(7-8-18-17)15(19)9-16(20)21/h2-8,15,19H,9-11H2,1H3,(H,20,21). The Morgan fingerprint density at radius 1 is 1.22 bits per heavy atom. The van der Waals surface area contributed by atoms with E-state index < -0.39 is 18.5 Å². The van der Waals surface area contributed by atoms with E-state index in [1.165, 1.54) is 13.3 Å². The van der Waals surface area contributed by atoms with Crippen LogP contribution in [0.3, 0.4) is 0 Å². The van der Waals surface area contributed by atoms with E-state index >= 15 is 0 Å². The Bertz CT molecular complexity index is 645. The van der Waals surface area contributed by atoms with Gasteiger partial charge in [0, 0.05) is 11.8 Å². The van der Waals surface area contributed by atoms with Crippen LogP contribution in [0.2, 0.25) is 0 Å². The quantitative estimate of drug-likeness (QED) is 0.776. The van der Waals surface area contributed by atoms with Crippen molar-refractivity contribution in [2.24, 2.45) is 0 Å². The molecule has 0 saturated heterocycles. The first kappa shape index (κ1) is 16.9. The maximum atomic E-state index is 10.8. The molecule has 2 aromatic rings. The topological polar surface area (TPSA) is 88.9 Å². The average molecular weight is 317 g/mol. The zero-order valence-electron chi connectivity index (χ0n) is 12.8. The molecule has 1 aromatic heterocycles. The van der Waals surface area contributed by atoms with Crippen molar-refractivity contribution in [2.75, 3.05) is 7.11 Å². The van der Waals surface area contributed by atoms with Crippen LogP contribution in [-0.4, -0.2) is 28.3 Å². The van der Waals surface area contributed by atoms with E-state index in [0.29, 0.717) is 23.6 Å².